The van der Waals surface area contributed by atoms with E-state index in [0.717, 1.165) is 25.7 Å². The second kappa shape index (κ2) is 7.92. The zero-order chi connectivity index (χ0) is 14.3. The number of carbonyl (C=O) groups is 3. The average molecular weight is 269 g/mol. The molecular formula is C14H23NO4. The van der Waals surface area contributed by atoms with Gasteiger partial charge in [0.25, 0.3) is 0 Å². The van der Waals surface area contributed by atoms with Gasteiger partial charge < -0.3 is 10.1 Å². The van der Waals surface area contributed by atoms with E-state index in [1.165, 1.54) is 0 Å². The minimum atomic E-state index is -0.583. The maximum absolute atomic E-state index is 11.6. The number of esters is 1. The standard InChI is InChI=1S/C14H23NO4/c1-3-5-6-7-10(16)8-13(17)15-12-9-11(4-2)19-14(12)18/h11-12H,3-9H2,1-2H3,(H,15,17)/t11-,12-/m1/s1. The number of cyclic esters (lactones) is 1. The number of hydrogen-bond donors (Lipinski definition) is 1. The summed E-state index contributed by atoms with van der Waals surface area (Å²) in [7, 11) is 0. The van der Waals surface area contributed by atoms with Crippen LogP contribution in [0.4, 0.5) is 0 Å². The quantitative estimate of drug-likeness (QED) is 0.414. The van der Waals surface area contributed by atoms with Crippen LogP contribution in [-0.2, 0) is 19.1 Å². The summed E-state index contributed by atoms with van der Waals surface area (Å²) in [5.74, 6) is -0.830. The fourth-order valence-electron chi connectivity index (χ4n) is 2.11. The van der Waals surface area contributed by atoms with Crippen LogP contribution in [0.3, 0.4) is 0 Å². The first-order valence-corrected chi connectivity index (χ1v) is 7.08. The summed E-state index contributed by atoms with van der Waals surface area (Å²) in [6.45, 7) is 3.99. The van der Waals surface area contributed by atoms with Gasteiger partial charge in [0.05, 0.1) is 6.42 Å². The number of carbonyl (C=O) groups excluding carboxylic acids is 3. The highest BCUT2D eigenvalue weighted by atomic mass is 16.6. The molecule has 1 amide bonds. The van der Waals surface area contributed by atoms with Crippen LogP contribution in [0.1, 0.15) is 58.8 Å². The Hall–Kier alpha value is -1.39. The van der Waals surface area contributed by atoms with Crippen molar-refractivity contribution in [2.45, 2.75) is 70.9 Å². The average Bonchev–Trinajstić information content (AvgIpc) is 2.70. The summed E-state index contributed by atoms with van der Waals surface area (Å²) < 4.78 is 5.07. The van der Waals surface area contributed by atoms with Crippen molar-refractivity contribution in [3.63, 3.8) is 0 Å². The molecule has 1 fully saturated rings. The largest absolute Gasteiger partial charge is 0.461 e. The lowest BCUT2D eigenvalue weighted by atomic mass is 10.1. The lowest BCUT2D eigenvalue weighted by Gasteiger charge is -2.08. The maximum atomic E-state index is 11.6. The third kappa shape index (κ3) is 5.41. The van der Waals surface area contributed by atoms with Crippen molar-refractivity contribution in [1.29, 1.82) is 0 Å². The van der Waals surface area contributed by atoms with Crippen molar-refractivity contribution in [3.05, 3.63) is 0 Å². The van der Waals surface area contributed by atoms with Crippen molar-refractivity contribution < 1.29 is 19.1 Å². The van der Waals surface area contributed by atoms with Crippen LogP contribution in [0.5, 0.6) is 0 Å². The Morgan fingerprint density at radius 3 is 2.63 bits per heavy atom. The van der Waals surface area contributed by atoms with Crippen LogP contribution in [0.25, 0.3) is 0 Å². The van der Waals surface area contributed by atoms with E-state index < -0.39 is 12.0 Å². The zero-order valence-electron chi connectivity index (χ0n) is 11.7. The van der Waals surface area contributed by atoms with Gasteiger partial charge in [0.1, 0.15) is 17.9 Å². The first-order chi connectivity index (χ1) is 9.06. The maximum Gasteiger partial charge on any atom is 0.329 e. The van der Waals surface area contributed by atoms with Crippen LogP contribution in [0.15, 0.2) is 0 Å². The highest BCUT2D eigenvalue weighted by molar-refractivity contribution is 5.99. The highest BCUT2D eigenvalue weighted by Gasteiger charge is 2.34. The summed E-state index contributed by atoms with van der Waals surface area (Å²) in [4.78, 5) is 34.6. The summed E-state index contributed by atoms with van der Waals surface area (Å²) in [6, 6.07) is -0.583. The number of ketones is 1. The van der Waals surface area contributed by atoms with Gasteiger partial charge in [0.2, 0.25) is 5.91 Å². The van der Waals surface area contributed by atoms with Gasteiger partial charge in [-0.3, -0.25) is 9.59 Å². The molecule has 1 saturated heterocycles. The van der Waals surface area contributed by atoms with E-state index in [1.54, 1.807) is 0 Å². The van der Waals surface area contributed by atoms with Crippen LogP contribution >= 0.6 is 0 Å². The molecule has 0 saturated carbocycles. The van der Waals surface area contributed by atoms with Gasteiger partial charge in [-0.1, -0.05) is 26.7 Å². The Kier molecular flexibility index (Phi) is 6.53. The summed E-state index contributed by atoms with van der Waals surface area (Å²) in [5.41, 5.74) is 0. The van der Waals surface area contributed by atoms with Crippen LogP contribution < -0.4 is 5.32 Å². The fraction of sp³-hybridized carbons (Fsp3) is 0.786. The van der Waals surface area contributed by atoms with Gasteiger partial charge in [0, 0.05) is 12.8 Å². The van der Waals surface area contributed by atoms with Crippen LogP contribution in [0.2, 0.25) is 0 Å². The molecule has 1 rings (SSSR count). The number of Topliss-reactive ketones (excluding diaryl/α,β-unsaturated/α-hetero) is 1. The minimum absolute atomic E-state index is 0.0654. The van der Waals surface area contributed by atoms with E-state index in [-0.39, 0.29) is 24.2 Å². The van der Waals surface area contributed by atoms with E-state index in [2.05, 4.69) is 12.2 Å². The Bertz CT molecular complexity index is 340. The van der Waals surface area contributed by atoms with Crippen molar-refractivity contribution in [2.24, 2.45) is 0 Å². The molecular weight excluding hydrogens is 246 g/mol. The van der Waals surface area contributed by atoms with Crippen LogP contribution in [0, 0.1) is 0 Å². The Morgan fingerprint density at radius 2 is 2.05 bits per heavy atom. The first-order valence-electron chi connectivity index (χ1n) is 7.08. The molecule has 2 atom stereocenters. The SMILES string of the molecule is CCCCCC(=O)CC(=O)N[C@@H]1C[C@@H](CC)OC1=O. The van der Waals surface area contributed by atoms with Gasteiger partial charge >= 0.3 is 5.97 Å². The highest BCUT2D eigenvalue weighted by Crippen LogP contribution is 2.17. The molecule has 1 N–H and O–H groups in total. The molecule has 0 aromatic carbocycles. The number of unbranched alkanes of at least 4 members (excludes halogenated alkanes) is 2. The predicted molar refractivity (Wildman–Crippen MR) is 70.5 cm³/mol. The molecule has 108 valence electrons. The Morgan fingerprint density at radius 1 is 1.32 bits per heavy atom. The molecule has 5 heteroatoms. The summed E-state index contributed by atoms with van der Waals surface area (Å²) in [5, 5.41) is 2.58. The zero-order valence-corrected chi connectivity index (χ0v) is 11.7. The van der Waals surface area contributed by atoms with E-state index in [9.17, 15) is 14.4 Å². The van der Waals surface area contributed by atoms with E-state index in [0.29, 0.717) is 12.8 Å². The number of ether oxygens (including phenoxy) is 1. The first kappa shape index (κ1) is 15.7. The summed E-state index contributed by atoms with van der Waals surface area (Å²) >= 11 is 0. The van der Waals surface area contributed by atoms with E-state index in [4.69, 9.17) is 4.74 Å². The molecule has 0 aliphatic carbocycles. The number of hydrogen-bond acceptors (Lipinski definition) is 4. The van der Waals surface area contributed by atoms with Crippen LogP contribution in [-0.4, -0.2) is 29.8 Å². The Labute approximate surface area is 114 Å². The van der Waals surface area contributed by atoms with Gasteiger partial charge in [-0.15, -0.1) is 0 Å². The number of amides is 1. The molecule has 19 heavy (non-hydrogen) atoms. The smallest absolute Gasteiger partial charge is 0.329 e. The van der Waals surface area contributed by atoms with Crippen molar-refractivity contribution in [1.82, 2.24) is 5.32 Å². The van der Waals surface area contributed by atoms with Crippen molar-refractivity contribution in [3.8, 4) is 0 Å². The lowest BCUT2D eigenvalue weighted by molar-refractivity contribution is -0.144. The molecule has 5 nitrogen and oxygen atoms in total. The summed E-state index contributed by atoms with van der Waals surface area (Å²) in [6.07, 6.45) is 4.31. The molecule has 0 radical (unpaired) electrons. The fourth-order valence-corrected chi connectivity index (χ4v) is 2.11. The predicted octanol–water partition coefficient (Wildman–Crippen LogP) is 1.74. The number of rotatable bonds is 8. The molecule has 0 unspecified atom stereocenters. The van der Waals surface area contributed by atoms with E-state index >= 15 is 0 Å². The molecule has 1 aliphatic rings. The molecule has 0 spiro atoms. The monoisotopic (exact) mass is 269 g/mol. The third-order valence-corrected chi connectivity index (χ3v) is 3.27. The minimum Gasteiger partial charge on any atom is -0.461 e. The van der Waals surface area contributed by atoms with Gasteiger partial charge in [-0.05, 0) is 12.8 Å². The third-order valence-electron chi connectivity index (χ3n) is 3.27. The molecule has 1 aliphatic heterocycles. The van der Waals surface area contributed by atoms with Crippen molar-refractivity contribution in [2.75, 3.05) is 0 Å². The lowest BCUT2D eigenvalue weighted by Crippen LogP contribution is -2.38. The normalized spacial score (nSPS) is 22.1. The topological polar surface area (TPSA) is 72.5 Å². The van der Waals surface area contributed by atoms with Gasteiger partial charge in [0.15, 0.2) is 0 Å². The second-order valence-electron chi connectivity index (χ2n) is 5.00. The molecule has 0 aromatic rings. The molecule has 0 bridgehead atoms. The Balaban J connectivity index is 2.27. The van der Waals surface area contributed by atoms with Crippen molar-refractivity contribution >= 4 is 17.7 Å². The molecule has 1 heterocycles. The van der Waals surface area contributed by atoms with E-state index in [1.807, 2.05) is 6.92 Å². The van der Waals surface area contributed by atoms with Gasteiger partial charge in [-0.2, -0.15) is 0 Å². The second-order valence-corrected chi connectivity index (χ2v) is 5.00. The number of nitrogens with one attached hydrogen (secondary N) is 1. The van der Waals surface area contributed by atoms with Gasteiger partial charge in [-0.25, -0.2) is 4.79 Å². The molecule has 0 aromatic heterocycles.